The zero-order chi connectivity index (χ0) is 11.7. The summed E-state index contributed by atoms with van der Waals surface area (Å²) in [5.41, 5.74) is 1.16. The fourth-order valence-corrected chi connectivity index (χ4v) is 2.02. The molecule has 0 aliphatic carbocycles. The Morgan fingerprint density at radius 1 is 1.00 bits per heavy atom. The average molecular weight is 254 g/mol. The second kappa shape index (κ2) is 5.23. The highest BCUT2D eigenvalue weighted by Gasteiger charge is 2.22. The van der Waals surface area contributed by atoms with Crippen LogP contribution in [-0.4, -0.2) is 14.2 Å². The van der Waals surface area contributed by atoms with Crippen LogP contribution in [0.1, 0.15) is 5.69 Å². The van der Waals surface area contributed by atoms with Gasteiger partial charge in [-0.3, -0.25) is 0 Å². The van der Waals surface area contributed by atoms with Crippen molar-refractivity contribution in [3.05, 3.63) is 30.0 Å². The third-order valence-electron chi connectivity index (χ3n) is 2.96. The maximum absolute atomic E-state index is 5.44. The first kappa shape index (κ1) is 13.6. The topological polar surface area (TPSA) is 22.3 Å². The minimum Gasteiger partial charge on any atom is -1.00 e. The number of ether oxygens (including phenoxy) is 2. The fourth-order valence-electron chi connectivity index (χ4n) is 2.02. The number of hydrogen-bond acceptors (Lipinski definition) is 2. The van der Waals surface area contributed by atoms with Crippen LogP contribution in [0.3, 0.4) is 0 Å². The van der Waals surface area contributed by atoms with Crippen molar-refractivity contribution in [1.82, 2.24) is 0 Å². The summed E-state index contributed by atoms with van der Waals surface area (Å²) in [5, 5.41) is 2.26. The number of fused-ring (bicyclic) bond motifs is 1. The Morgan fingerprint density at radius 2 is 1.59 bits per heavy atom. The zero-order valence-electron chi connectivity index (χ0n) is 10.5. The molecule has 0 radical (unpaired) electrons. The van der Waals surface area contributed by atoms with Crippen molar-refractivity contribution in [3.8, 4) is 11.6 Å². The van der Waals surface area contributed by atoms with Gasteiger partial charge in [-0.25, -0.2) is 0 Å². The van der Waals surface area contributed by atoms with E-state index >= 15 is 0 Å². The first-order valence-electron chi connectivity index (χ1n) is 5.20. The van der Waals surface area contributed by atoms with Gasteiger partial charge in [-0.15, -0.1) is 0 Å². The van der Waals surface area contributed by atoms with Gasteiger partial charge in [0, 0.05) is 12.3 Å². The van der Waals surface area contributed by atoms with Crippen molar-refractivity contribution in [3.63, 3.8) is 0 Å². The van der Waals surface area contributed by atoms with E-state index in [2.05, 4.69) is 13.0 Å². The third-order valence-corrected chi connectivity index (χ3v) is 2.96. The first-order valence-corrected chi connectivity index (χ1v) is 5.20. The molecular formula is C13H16ClNO2. The van der Waals surface area contributed by atoms with E-state index in [4.69, 9.17) is 9.47 Å². The van der Waals surface area contributed by atoms with Gasteiger partial charge in [0.15, 0.2) is 5.69 Å². The minimum absolute atomic E-state index is 0. The lowest BCUT2D eigenvalue weighted by atomic mass is 10.1. The average Bonchev–Trinajstić information content (AvgIpc) is 2.33. The van der Waals surface area contributed by atoms with Crippen molar-refractivity contribution >= 4 is 10.8 Å². The molecule has 0 aliphatic rings. The standard InChI is InChI=1S/C13H16NO2.ClH/c1-9-10-7-5-6-8-11(10)12(15-3)13(16-4)14(9)2;/h5-8H,1-4H3;1H/q+1;/p-1. The fraction of sp³-hybridized carbons (Fsp3) is 0.308. The number of benzene rings is 1. The van der Waals surface area contributed by atoms with Crippen LogP contribution in [-0.2, 0) is 7.05 Å². The number of aromatic nitrogens is 1. The van der Waals surface area contributed by atoms with E-state index in [0.29, 0.717) is 0 Å². The van der Waals surface area contributed by atoms with E-state index in [1.807, 2.05) is 29.8 Å². The zero-order valence-corrected chi connectivity index (χ0v) is 11.2. The quantitative estimate of drug-likeness (QED) is 0.641. The molecule has 0 atom stereocenters. The maximum atomic E-state index is 5.44. The maximum Gasteiger partial charge on any atom is 0.411 e. The van der Waals surface area contributed by atoms with E-state index in [-0.39, 0.29) is 12.4 Å². The van der Waals surface area contributed by atoms with Crippen LogP contribution < -0.4 is 26.4 Å². The molecule has 4 heteroatoms. The molecule has 0 bridgehead atoms. The lowest BCUT2D eigenvalue weighted by molar-refractivity contribution is -0.681. The molecule has 17 heavy (non-hydrogen) atoms. The van der Waals surface area contributed by atoms with Crippen molar-refractivity contribution in [2.45, 2.75) is 6.92 Å². The summed E-state index contributed by atoms with van der Waals surface area (Å²) in [6, 6.07) is 8.17. The summed E-state index contributed by atoms with van der Waals surface area (Å²) in [5.74, 6) is 1.53. The number of methoxy groups -OCH3 is 2. The summed E-state index contributed by atoms with van der Waals surface area (Å²) in [6.07, 6.45) is 0. The summed E-state index contributed by atoms with van der Waals surface area (Å²) in [7, 11) is 5.30. The summed E-state index contributed by atoms with van der Waals surface area (Å²) in [6.45, 7) is 2.07. The van der Waals surface area contributed by atoms with E-state index in [1.54, 1.807) is 14.2 Å². The third kappa shape index (κ3) is 2.03. The molecule has 1 aromatic carbocycles. The molecule has 2 rings (SSSR count). The van der Waals surface area contributed by atoms with E-state index in [1.165, 1.54) is 5.39 Å². The van der Waals surface area contributed by atoms with Gasteiger partial charge in [0.25, 0.3) is 0 Å². The Kier molecular flexibility index (Phi) is 4.18. The smallest absolute Gasteiger partial charge is 0.411 e. The summed E-state index contributed by atoms with van der Waals surface area (Å²) in [4.78, 5) is 0. The largest absolute Gasteiger partial charge is 1.00 e. The Bertz CT molecular complexity index is 540. The minimum atomic E-state index is 0. The molecule has 0 N–H and O–H groups in total. The van der Waals surface area contributed by atoms with Gasteiger partial charge >= 0.3 is 5.88 Å². The van der Waals surface area contributed by atoms with Gasteiger partial charge in [0.05, 0.1) is 19.6 Å². The number of aryl methyl sites for hydroxylation is 1. The number of rotatable bonds is 2. The second-order valence-electron chi connectivity index (χ2n) is 3.73. The second-order valence-corrected chi connectivity index (χ2v) is 3.73. The molecule has 0 spiro atoms. The van der Waals surface area contributed by atoms with Gasteiger partial charge in [0.1, 0.15) is 7.05 Å². The lowest BCUT2D eigenvalue weighted by Gasteiger charge is -2.10. The van der Waals surface area contributed by atoms with Crippen LogP contribution in [0.4, 0.5) is 0 Å². The van der Waals surface area contributed by atoms with Crippen molar-refractivity contribution < 1.29 is 26.4 Å². The molecule has 2 aromatic rings. The van der Waals surface area contributed by atoms with Crippen LogP contribution in [0, 0.1) is 6.92 Å². The Morgan fingerprint density at radius 3 is 2.12 bits per heavy atom. The SMILES string of the molecule is COc1c(OC)[n+](C)c(C)c2ccccc12.[Cl-]. The highest BCUT2D eigenvalue weighted by molar-refractivity contribution is 5.90. The van der Waals surface area contributed by atoms with Gasteiger partial charge in [-0.2, -0.15) is 4.57 Å². The number of nitrogens with zero attached hydrogens (tertiary/aromatic N) is 1. The summed E-state index contributed by atoms with van der Waals surface area (Å²) < 4.78 is 12.8. The number of halogens is 1. The molecule has 0 saturated heterocycles. The monoisotopic (exact) mass is 253 g/mol. The highest BCUT2D eigenvalue weighted by atomic mass is 35.5. The van der Waals surface area contributed by atoms with Crippen LogP contribution in [0.2, 0.25) is 0 Å². The highest BCUT2D eigenvalue weighted by Crippen LogP contribution is 2.33. The van der Waals surface area contributed by atoms with Crippen LogP contribution in [0.5, 0.6) is 11.6 Å². The number of hydrogen-bond donors (Lipinski definition) is 0. The molecule has 1 aromatic heterocycles. The number of pyridine rings is 1. The van der Waals surface area contributed by atoms with Crippen LogP contribution >= 0.6 is 0 Å². The predicted molar refractivity (Wildman–Crippen MR) is 63.0 cm³/mol. The van der Waals surface area contributed by atoms with Gasteiger partial charge in [-0.05, 0) is 6.07 Å². The van der Waals surface area contributed by atoms with Crippen molar-refractivity contribution in [2.75, 3.05) is 14.2 Å². The molecule has 0 aliphatic heterocycles. The van der Waals surface area contributed by atoms with E-state index in [0.717, 1.165) is 22.7 Å². The van der Waals surface area contributed by atoms with Crippen LogP contribution in [0.15, 0.2) is 24.3 Å². The van der Waals surface area contributed by atoms with Gasteiger partial charge < -0.3 is 21.9 Å². The molecule has 0 unspecified atom stereocenters. The molecule has 0 amide bonds. The molecule has 1 heterocycles. The Balaban J connectivity index is 0.00000144. The lowest BCUT2D eigenvalue weighted by Crippen LogP contribution is -3.00. The van der Waals surface area contributed by atoms with Crippen molar-refractivity contribution in [1.29, 1.82) is 0 Å². The Hall–Kier alpha value is -1.48. The molecule has 92 valence electrons. The van der Waals surface area contributed by atoms with Gasteiger partial charge in [0.2, 0.25) is 5.75 Å². The molecule has 3 nitrogen and oxygen atoms in total. The normalized spacial score (nSPS) is 9.88. The van der Waals surface area contributed by atoms with E-state index in [9.17, 15) is 0 Å². The Labute approximate surface area is 107 Å². The van der Waals surface area contributed by atoms with Crippen LogP contribution in [0.25, 0.3) is 10.8 Å². The van der Waals surface area contributed by atoms with E-state index < -0.39 is 0 Å². The molecule has 0 fully saturated rings. The van der Waals surface area contributed by atoms with Gasteiger partial charge in [-0.1, -0.05) is 18.2 Å². The predicted octanol–water partition coefficient (Wildman–Crippen LogP) is -1.01. The molecular weight excluding hydrogens is 238 g/mol. The first-order chi connectivity index (χ1) is 7.70. The van der Waals surface area contributed by atoms with Crippen molar-refractivity contribution in [2.24, 2.45) is 7.05 Å². The summed E-state index contributed by atoms with van der Waals surface area (Å²) >= 11 is 0. The molecule has 0 saturated carbocycles.